The van der Waals surface area contributed by atoms with Crippen molar-refractivity contribution in [1.82, 2.24) is 0 Å². The highest BCUT2D eigenvalue weighted by Crippen LogP contribution is 2.20. The molecule has 1 rings (SSSR count). The largest absolute Gasteiger partial charge is 0.496 e. The number of para-hydroxylation sites is 1. The predicted octanol–water partition coefficient (Wildman–Crippen LogP) is 1.95. The van der Waals surface area contributed by atoms with E-state index in [0.717, 1.165) is 11.3 Å². The van der Waals surface area contributed by atoms with E-state index in [-0.39, 0.29) is 5.60 Å². The standard InChI is InChI=1S/C12H19NO2/c1-12(2,9-13)15-8-10-6-4-5-7-11(10)14-3/h4-7H,8-9,13H2,1-3H3. The molecule has 0 spiro atoms. The van der Waals surface area contributed by atoms with Gasteiger partial charge in [0, 0.05) is 12.1 Å². The van der Waals surface area contributed by atoms with Crippen LogP contribution in [0.5, 0.6) is 5.75 Å². The number of methoxy groups -OCH3 is 1. The average molecular weight is 209 g/mol. The van der Waals surface area contributed by atoms with Crippen molar-refractivity contribution in [1.29, 1.82) is 0 Å². The second-order valence-corrected chi connectivity index (χ2v) is 4.06. The van der Waals surface area contributed by atoms with Crippen LogP contribution in [-0.2, 0) is 11.3 Å². The van der Waals surface area contributed by atoms with E-state index in [2.05, 4.69) is 0 Å². The van der Waals surface area contributed by atoms with Gasteiger partial charge < -0.3 is 15.2 Å². The molecule has 0 aromatic heterocycles. The molecule has 0 saturated carbocycles. The Morgan fingerprint density at radius 1 is 1.27 bits per heavy atom. The van der Waals surface area contributed by atoms with Crippen LogP contribution in [0.2, 0.25) is 0 Å². The predicted molar refractivity (Wildman–Crippen MR) is 60.9 cm³/mol. The van der Waals surface area contributed by atoms with Crippen LogP contribution in [0.4, 0.5) is 0 Å². The fourth-order valence-electron chi connectivity index (χ4n) is 1.15. The van der Waals surface area contributed by atoms with E-state index in [1.807, 2.05) is 38.1 Å². The smallest absolute Gasteiger partial charge is 0.124 e. The summed E-state index contributed by atoms with van der Waals surface area (Å²) in [4.78, 5) is 0. The highest BCUT2D eigenvalue weighted by molar-refractivity contribution is 5.32. The Balaban J connectivity index is 2.65. The summed E-state index contributed by atoms with van der Waals surface area (Å²) in [6.07, 6.45) is 0. The number of ether oxygens (including phenoxy) is 2. The van der Waals surface area contributed by atoms with Crippen molar-refractivity contribution in [3.63, 3.8) is 0 Å². The molecular weight excluding hydrogens is 190 g/mol. The fourth-order valence-corrected chi connectivity index (χ4v) is 1.15. The van der Waals surface area contributed by atoms with Gasteiger partial charge in [0.25, 0.3) is 0 Å². The molecule has 0 fully saturated rings. The zero-order chi connectivity index (χ0) is 11.3. The normalized spacial score (nSPS) is 11.5. The molecule has 84 valence electrons. The van der Waals surface area contributed by atoms with Gasteiger partial charge in [-0.25, -0.2) is 0 Å². The molecule has 0 radical (unpaired) electrons. The zero-order valence-corrected chi connectivity index (χ0v) is 9.62. The summed E-state index contributed by atoms with van der Waals surface area (Å²) in [5.41, 5.74) is 6.34. The van der Waals surface area contributed by atoms with Crippen molar-refractivity contribution in [3.05, 3.63) is 29.8 Å². The summed E-state index contributed by atoms with van der Waals surface area (Å²) in [6, 6.07) is 7.83. The van der Waals surface area contributed by atoms with Crippen molar-refractivity contribution in [2.45, 2.75) is 26.1 Å². The number of hydrogen-bond acceptors (Lipinski definition) is 3. The average Bonchev–Trinajstić information content (AvgIpc) is 2.27. The number of hydrogen-bond donors (Lipinski definition) is 1. The van der Waals surface area contributed by atoms with Crippen LogP contribution in [0, 0.1) is 0 Å². The second-order valence-electron chi connectivity index (χ2n) is 4.06. The Kier molecular flexibility index (Phi) is 4.12. The van der Waals surface area contributed by atoms with E-state index < -0.39 is 0 Å². The summed E-state index contributed by atoms with van der Waals surface area (Å²) in [7, 11) is 1.66. The Morgan fingerprint density at radius 3 is 2.53 bits per heavy atom. The van der Waals surface area contributed by atoms with E-state index in [9.17, 15) is 0 Å². The van der Waals surface area contributed by atoms with Gasteiger partial charge in [0.15, 0.2) is 0 Å². The van der Waals surface area contributed by atoms with Crippen LogP contribution < -0.4 is 10.5 Å². The van der Waals surface area contributed by atoms with Gasteiger partial charge in [0.1, 0.15) is 5.75 Å². The molecule has 0 aliphatic heterocycles. The minimum atomic E-state index is -0.291. The van der Waals surface area contributed by atoms with E-state index in [0.29, 0.717) is 13.2 Å². The van der Waals surface area contributed by atoms with Gasteiger partial charge in [-0.1, -0.05) is 18.2 Å². The van der Waals surface area contributed by atoms with Gasteiger partial charge in [-0.2, -0.15) is 0 Å². The zero-order valence-electron chi connectivity index (χ0n) is 9.62. The topological polar surface area (TPSA) is 44.5 Å². The Bertz CT molecular complexity index is 310. The third-order valence-electron chi connectivity index (χ3n) is 2.30. The van der Waals surface area contributed by atoms with Crippen molar-refractivity contribution in [2.75, 3.05) is 13.7 Å². The first-order valence-electron chi connectivity index (χ1n) is 5.05. The van der Waals surface area contributed by atoms with Crippen LogP contribution in [0.3, 0.4) is 0 Å². The minimum absolute atomic E-state index is 0.291. The summed E-state index contributed by atoms with van der Waals surface area (Å²) < 4.78 is 10.9. The molecule has 0 aliphatic carbocycles. The molecule has 1 aromatic carbocycles. The molecule has 0 bridgehead atoms. The third kappa shape index (κ3) is 3.53. The first kappa shape index (κ1) is 12.0. The third-order valence-corrected chi connectivity index (χ3v) is 2.30. The second kappa shape index (κ2) is 5.14. The van der Waals surface area contributed by atoms with Crippen molar-refractivity contribution >= 4 is 0 Å². The molecule has 0 amide bonds. The lowest BCUT2D eigenvalue weighted by atomic mass is 10.1. The van der Waals surface area contributed by atoms with Crippen LogP contribution in [-0.4, -0.2) is 19.3 Å². The first-order valence-corrected chi connectivity index (χ1v) is 5.05. The molecule has 15 heavy (non-hydrogen) atoms. The summed E-state index contributed by atoms with van der Waals surface area (Å²) in [5.74, 6) is 0.852. The Morgan fingerprint density at radius 2 is 1.93 bits per heavy atom. The highest BCUT2D eigenvalue weighted by atomic mass is 16.5. The van der Waals surface area contributed by atoms with E-state index in [4.69, 9.17) is 15.2 Å². The summed E-state index contributed by atoms with van der Waals surface area (Å²) in [5, 5.41) is 0. The van der Waals surface area contributed by atoms with Gasteiger partial charge in [0.05, 0.1) is 19.3 Å². The molecule has 0 aliphatic rings. The van der Waals surface area contributed by atoms with Crippen LogP contribution in [0.25, 0.3) is 0 Å². The molecule has 0 saturated heterocycles. The monoisotopic (exact) mass is 209 g/mol. The van der Waals surface area contributed by atoms with E-state index >= 15 is 0 Å². The van der Waals surface area contributed by atoms with Crippen LogP contribution in [0.1, 0.15) is 19.4 Å². The molecule has 1 aromatic rings. The molecule has 0 unspecified atom stereocenters. The molecule has 2 N–H and O–H groups in total. The lowest BCUT2D eigenvalue weighted by molar-refractivity contribution is -0.0228. The molecule has 3 nitrogen and oxygen atoms in total. The maximum Gasteiger partial charge on any atom is 0.124 e. The molecular formula is C12H19NO2. The number of benzene rings is 1. The first-order chi connectivity index (χ1) is 7.09. The summed E-state index contributed by atoms with van der Waals surface area (Å²) >= 11 is 0. The van der Waals surface area contributed by atoms with Gasteiger partial charge in [-0.15, -0.1) is 0 Å². The molecule has 0 heterocycles. The van der Waals surface area contributed by atoms with Crippen molar-refractivity contribution in [3.8, 4) is 5.75 Å². The van der Waals surface area contributed by atoms with Crippen molar-refractivity contribution < 1.29 is 9.47 Å². The lowest BCUT2D eigenvalue weighted by Crippen LogP contribution is -2.33. The Labute approximate surface area is 91.2 Å². The minimum Gasteiger partial charge on any atom is -0.496 e. The van der Waals surface area contributed by atoms with Gasteiger partial charge in [-0.05, 0) is 19.9 Å². The SMILES string of the molecule is COc1ccccc1COC(C)(C)CN. The van der Waals surface area contributed by atoms with E-state index in [1.54, 1.807) is 7.11 Å². The quantitative estimate of drug-likeness (QED) is 0.806. The number of nitrogens with two attached hydrogens (primary N) is 1. The maximum absolute atomic E-state index is 5.70. The molecule has 3 heteroatoms. The van der Waals surface area contributed by atoms with Gasteiger partial charge in [0.2, 0.25) is 0 Å². The maximum atomic E-state index is 5.70. The number of rotatable bonds is 5. The highest BCUT2D eigenvalue weighted by Gasteiger charge is 2.16. The summed E-state index contributed by atoms with van der Waals surface area (Å²) in [6.45, 7) is 4.97. The van der Waals surface area contributed by atoms with Gasteiger partial charge in [-0.3, -0.25) is 0 Å². The fraction of sp³-hybridized carbons (Fsp3) is 0.500. The Hall–Kier alpha value is -1.06. The van der Waals surface area contributed by atoms with Crippen LogP contribution >= 0.6 is 0 Å². The van der Waals surface area contributed by atoms with E-state index in [1.165, 1.54) is 0 Å². The van der Waals surface area contributed by atoms with Crippen LogP contribution in [0.15, 0.2) is 24.3 Å². The lowest BCUT2D eigenvalue weighted by Gasteiger charge is -2.23. The van der Waals surface area contributed by atoms with Gasteiger partial charge >= 0.3 is 0 Å². The van der Waals surface area contributed by atoms with Crippen molar-refractivity contribution in [2.24, 2.45) is 5.73 Å². The molecule has 0 atom stereocenters.